The van der Waals surface area contributed by atoms with E-state index in [0.717, 1.165) is 11.1 Å². The van der Waals surface area contributed by atoms with Crippen LogP contribution in [0.4, 0.5) is 10.5 Å². The topological polar surface area (TPSA) is 79.8 Å². The van der Waals surface area contributed by atoms with Gasteiger partial charge in [0.15, 0.2) is 0 Å². The molecule has 31 heavy (non-hydrogen) atoms. The molecule has 2 atom stereocenters. The third kappa shape index (κ3) is 5.94. The van der Waals surface area contributed by atoms with Crippen LogP contribution in [0, 0.1) is 5.92 Å². The normalized spacial score (nSPS) is 17.2. The number of benzene rings is 2. The molecule has 0 spiro atoms. The zero-order valence-electron chi connectivity index (χ0n) is 18.8. The fraction of sp³-hybridized carbons (Fsp3) is 0.400. The van der Waals surface area contributed by atoms with E-state index in [-0.39, 0.29) is 11.8 Å². The summed E-state index contributed by atoms with van der Waals surface area (Å²) in [4.78, 5) is 30.5. The van der Waals surface area contributed by atoms with Gasteiger partial charge in [-0.2, -0.15) is 0 Å². The molecule has 2 amide bonds. The average molecular weight is 422 g/mol. The van der Waals surface area contributed by atoms with E-state index in [1.165, 1.54) is 0 Å². The second kappa shape index (κ2) is 9.33. The Balaban J connectivity index is 2.01. The molecule has 0 saturated heterocycles. The van der Waals surface area contributed by atoms with Crippen LogP contribution in [0.2, 0.25) is 0 Å². The van der Waals surface area contributed by atoms with E-state index in [2.05, 4.69) is 10.6 Å². The first kappa shape index (κ1) is 22.5. The summed E-state index contributed by atoms with van der Waals surface area (Å²) >= 11 is 0. The van der Waals surface area contributed by atoms with E-state index in [1.54, 1.807) is 0 Å². The molecule has 1 aliphatic rings. The van der Waals surface area contributed by atoms with Crippen molar-refractivity contribution in [3.63, 3.8) is 0 Å². The number of anilines is 1. The minimum Gasteiger partial charge on any atom is -0.444 e. The summed E-state index contributed by atoms with van der Waals surface area (Å²) in [6, 6.07) is 16.4. The Bertz CT molecular complexity index is 961. The molecule has 6 nitrogen and oxygen atoms in total. The van der Waals surface area contributed by atoms with Crippen LogP contribution in [0.5, 0.6) is 0 Å². The lowest BCUT2D eigenvalue weighted by molar-refractivity contribution is -0.117. The fourth-order valence-electron chi connectivity index (χ4n) is 3.54. The first-order valence-electron chi connectivity index (χ1n) is 10.7. The Kier molecular flexibility index (Phi) is 6.78. The van der Waals surface area contributed by atoms with Gasteiger partial charge in [0.25, 0.3) is 0 Å². The van der Waals surface area contributed by atoms with E-state index in [9.17, 15) is 9.59 Å². The van der Waals surface area contributed by atoms with Crippen molar-refractivity contribution in [3.05, 3.63) is 65.7 Å². The summed E-state index contributed by atoms with van der Waals surface area (Å²) in [5, 5.41) is 5.99. The van der Waals surface area contributed by atoms with Gasteiger partial charge in [-0.05, 0) is 38.3 Å². The van der Waals surface area contributed by atoms with Gasteiger partial charge in [0.2, 0.25) is 5.91 Å². The lowest BCUT2D eigenvalue weighted by Crippen LogP contribution is -2.47. The van der Waals surface area contributed by atoms with Crippen molar-refractivity contribution in [1.29, 1.82) is 0 Å². The SMILES string of the molecule is CC(C)[C@H](NC(=O)OC(C)(C)C)C1=N[C@@H](Cc2ccccc2)C(=O)Nc2ccccc21. The van der Waals surface area contributed by atoms with Crippen LogP contribution in [-0.4, -0.2) is 35.4 Å². The van der Waals surface area contributed by atoms with Crippen molar-refractivity contribution in [2.24, 2.45) is 10.9 Å². The number of fused-ring (bicyclic) bond motifs is 1. The molecule has 1 aliphatic heterocycles. The summed E-state index contributed by atoms with van der Waals surface area (Å²) in [5.74, 6) is -0.129. The second-order valence-corrected chi connectivity index (χ2v) is 9.12. The zero-order valence-corrected chi connectivity index (χ0v) is 18.8. The molecule has 2 aromatic rings. The molecule has 1 heterocycles. The molecule has 0 saturated carbocycles. The van der Waals surface area contributed by atoms with Gasteiger partial charge in [-0.25, -0.2) is 4.79 Å². The Morgan fingerprint density at radius 3 is 2.39 bits per heavy atom. The second-order valence-electron chi connectivity index (χ2n) is 9.12. The maximum absolute atomic E-state index is 13.0. The minimum atomic E-state index is -0.609. The highest BCUT2D eigenvalue weighted by Gasteiger charge is 2.32. The Labute approximate surface area is 184 Å². The Hall–Kier alpha value is -3.15. The largest absolute Gasteiger partial charge is 0.444 e. The van der Waals surface area contributed by atoms with Crippen LogP contribution in [0.3, 0.4) is 0 Å². The number of nitrogens with zero attached hydrogens (tertiary/aromatic N) is 1. The summed E-state index contributed by atoms with van der Waals surface area (Å²) in [7, 11) is 0. The molecule has 0 aromatic heterocycles. The van der Waals surface area contributed by atoms with Gasteiger partial charge < -0.3 is 15.4 Å². The molecule has 0 bridgehead atoms. The van der Waals surface area contributed by atoms with Gasteiger partial charge in [0.05, 0.1) is 11.8 Å². The smallest absolute Gasteiger partial charge is 0.408 e. The lowest BCUT2D eigenvalue weighted by Gasteiger charge is -2.27. The van der Waals surface area contributed by atoms with Crippen molar-refractivity contribution in [2.45, 2.75) is 58.7 Å². The molecule has 2 aromatic carbocycles. The van der Waals surface area contributed by atoms with Crippen molar-refractivity contribution in [2.75, 3.05) is 5.32 Å². The maximum atomic E-state index is 13.0. The predicted octanol–water partition coefficient (Wildman–Crippen LogP) is 4.59. The van der Waals surface area contributed by atoms with Crippen LogP contribution in [0.15, 0.2) is 59.6 Å². The molecule has 0 unspecified atom stereocenters. The van der Waals surface area contributed by atoms with Crippen LogP contribution in [0.1, 0.15) is 45.7 Å². The van der Waals surface area contributed by atoms with Crippen molar-refractivity contribution < 1.29 is 14.3 Å². The first-order valence-corrected chi connectivity index (χ1v) is 10.7. The van der Waals surface area contributed by atoms with E-state index in [1.807, 2.05) is 89.2 Å². The quantitative estimate of drug-likeness (QED) is 0.741. The van der Waals surface area contributed by atoms with E-state index >= 15 is 0 Å². The first-order chi connectivity index (χ1) is 14.6. The third-order valence-electron chi connectivity index (χ3n) is 4.96. The van der Waals surface area contributed by atoms with Crippen LogP contribution in [0.25, 0.3) is 0 Å². The Morgan fingerprint density at radius 1 is 1.10 bits per heavy atom. The fourth-order valence-corrected chi connectivity index (χ4v) is 3.54. The highest BCUT2D eigenvalue weighted by Crippen LogP contribution is 2.25. The maximum Gasteiger partial charge on any atom is 0.408 e. The molecule has 3 rings (SSSR count). The van der Waals surface area contributed by atoms with Gasteiger partial charge >= 0.3 is 6.09 Å². The third-order valence-corrected chi connectivity index (χ3v) is 4.96. The number of alkyl carbamates (subject to hydrolysis) is 1. The molecule has 0 fully saturated rings. The number of para-hydroxylation sites is 1. The predicted molar refractivity (Wildman–Crippen MR) is 124 cm³/mol. The van der Waals surface area contributed by atoms with Gasteiger partial charge in [0, 0.05) is 17.7 Å². The zero-order chi connectivity index (χ0) is 22.6. The molecular weight excluding hydrogens is 390 g/mol. The van der Waals surface area contributed by atoms with E-state index in [0.29, 0.717) is 17.8 Å². The number of benzodiazepines with no additional fused rings is 1. The number of hydrogen-bond acceptors (Lipinski definition) is 4. The number of amides is 2. The molecule has 0 radical (unpaired) electrons. The van der Waals surface area contributed by atoms with Gasteiger partial charge in [-0.15, -0.1) is 0 Å². The van der Waals surface area contributed by atoms with Crippen LogP contribution >= 0.6 is 0 Å². The van der Waals surface area contributed by atoms with Crippen LogP contribution in [-0.2, 0) is 16.0 Å². The van der Waals surface area contributed by atoms with Crippen LogP contribution < -0.4 is 10.6 Å². The van der Waals surface area contributed by atoms with Gasteiger partial charge in [-0.3, -0.25) is 9.79 Å². The highest BCUT2D eigenvalue weighted by molar-refractivity contribution is 6.14. The number of nitrogens with one attached hydrogen (secondary N) is 2. The average Bonchev–Trinajstić information content (AvgIpc) is 2.82. The molecule has 6 heteroatoms. The Morgan fingerprint density at radius 2 is 1.74 bits per heavy atom. The molecule has 164 valence electrons. The number of carbonyl (C=O) groups excluding carboxylic acids is 2. The summed E-state index contributed by atoms with van der Waals surface area (Å²) in [5.41, 5.74) is 2.59. The standard InChI is InChI=1S/C25H31N3O3/c1-16(2)21(28-24(30)31-25(3,4)5)22-18-13-9-10-14-19(18)27-23(29)20(26-22)15-17-11-7-6-8-12-17/h6-14,16,20-21H,15H2,1-5H3,(H,27,29)(H,28,30)/t20-,21-/m0/s1. The van der Waals surface area contributed by atoms with Crippen molar-refractivity contribution in [3.8, 4) is 0 Å². The molecular formula is C25H31N3O3. The van der Waals surface area contributed by atoms with Crippen molar-refractivity contribution >= 4 is 23.4 Å². The molecule has 2 N–H and O–H groups in total. The summed E-state index contributed by atoms with van der Waals surface area (Å²) in [6.07, 6.45) is -0.0314. The number of aliphatic imine (C=N–C) groups is 1. The molecule has 0 aliphatic carbocycles. The summed E-state index contributed by atoms with van der Waals surface area (Å²) < 4.78 is 5.48. The number of hydrogen-bond donors (Lipinski definition) is 2. The number of carbonyl (C=O) groups is 2. The van der Waals surface area contributed by atoms with Crippen molar-refractivity contribution in [1.82, 2.24) is 5.32 Å². The minimum absolute atomic E-state index is 0.0323. The highest BCUT2D eigenvalue weighted by atomic mass is 16.6. The summed E-state index contributed by atoms with van der Waals surface area (Å²) in [6.45, 7) is 9.51. The van der Waals surface area contributed by atoms with Gasteiger partial charge in [-0.1, -0.05) is 62.4 Å². The monoisotopic (exact) mass is 421 g/mol. The number of ether oxygens (including phenoxy) is 1. The lowest BCUT2D eigenvalue weighted by atomic mass is 9.93. The van der Waals surface area contributed by atoms with E-state index < -0.39 is 23.8 Å². The number of rotatable bonds is 5. The van der Waals surface area contributed by atoms with Gasteiger partial charge in [0.1, 0.15) is 11.6 Å². The van der Waals surface area contributed by atoms with E-state index in [4.69, 9.17) is 9.73 Å².